The molecule has 0 saturated heterocycles. The van der Waals surface area contributed by atoms with Gasteiger partial charge in [0.1, 0.15) is 23.2 Å². The first kappa shape index (κ1) is 23.8. The van der Waals surface area contributed by atoms with Crippen LogP contribution >= 0.6 is 0 Å². The highest BCUT2D eigenvalue weighted by Gasteiger charge is 2.31. The molecule has 0 aliphatic heterocycles. The maximum atomic E-state index is 12.6. The summed E-state index contributed by atoms with van der Waals surface area (Å²) in [7, 11) is 1.61. The number of carboxylic acids is 1. The fourth-order valence-electron chi connectivity index (χ4n) is 3.96. The van der Waals surface area contributed by atoms with Gasteiger partial charge in [0, 0.05) is 11.5 Å². The second-order valence-electron chi connectivity index (χ2n) is 8.62. The van der Waals surface area contributed by atoms with Crippen LogP contribution in [0.1, 0.15) is 51.0 Å². The Morgan fingerprint density at radius 2 is 2.09 bits per heavy atom. The minimum absolute atomic E-state index is 0.0850. The topological polar surface area (TPSA) is 111 Å². The summed E-state index contributed by atoms with van der Waals surface area (Å²) in [6.07, 6.45) is 2.93. The van der Waals surface area contributed by atoms with E-state index >= 15 is 0 Å². The van der Waals surface area contributed by atoms with Crippen LogP contribution in [-0.4, -0.2) is 41.2 Å². The highest BCUT2D eigenvalue weighted by molar-refractivity contribution is 5.85. The summed E-state index contributed by atoms with van der Waals surface area (Å²) in [6.45, 7) is 5.71. The minimum Gasteiger partial charge on any atom is -0.497 e. The molecule has 2 unspecified atom stereocenters. The maximum absolute atomic E-state index is 12.6. The number of carboxylic acid groups (broad SMARTS) is 1. The molecule has 0 radical (unpaired) electrons. The maximum Gasteiger partial charge on any atom is 0.326 e. The molecule has 174 valence electrons. The number of oxazole rings is 1. The van der Waals surface area contributed by atoms with Crippen molar-refractivity contribution in [2.45, 2.75) is 65.2 Å². The fourth-order valence-corrected chi connectivity index (χ4v) is 3.96. The lowest BCUT2D eigenvalue weighted by Crippen LogP contribution is -2.47. The molecule has 1 fully saturated rings. The van der Waals surface area contributed by atoms with Crippen LogP contribution in [0.2, 0.25) is 0 Å². The highest BCUT2D eigenvalue weighted by Crippen LogP contribution is 2.29. The largest absolute Gasteiger partial charge is 0.497 e. The number of carbonyl (C=O) groups is 2. The molecule has 3 rings (SSSR count). The fraction of sp³-hybridized carbons (Fsp3) is 0.542. The van der Waals surface area contributed by atoms with E-state index < -0.39 is 12.0 Å². The minimum atomic E-state index is -1.01. The third-order valence-electron chi connectivity index (χ3n) is 5.89. The van der Waals surface area contributed by atoms with Crippen molar-refractivity contribution in [3.63, 3.8) is 0 Å². The molecule has 1 aliphatic rings. The predicted octanol–water partition coefficient (Wildman–Crippen LogP) is 3.96. The molecule has 2 aromatic rings. The zero-order valence-electron chi connectivity index (χ0n) is 19.1. The zero-order valence-corrected chi connectivity index (χ0v) is 19.1. The average molecular weight is 445 g/mol. The quantitative estimate of drug-likeness (QED) is 0.602. The number of hydrogen-bond donors (Lipinski definition) is 2. The van der Waals surface area contributed by atoms with E-state index in [1.807, 2.05) is 31.2 Å². The number of nitrogens with zero attached hydrogens (tertiary/aromatic N) is 1. The number of amides is 1. The summed E-state index contributed by atoms with van der Waals surface area (Å²) in [4.78, 5) is 28.6. The molecular formula is C24H32N2O6. The van der Waals surface area contributed by atoms with Gasteiger partial charge in [-0.05, 0) is 50.3 Å². The van der Waals surface area contributed by atoms with Crippen LogP contribution < -0.4 is 10.1 Å². The first-order chi connectivity index (χ1) is 15.3. The SMILES string of the molecule is COc1cccc(-c2nc(COC3CCCC(C(=O)N[C@H](C(=O)O)C(C)C)C3)c(C)o2)c1. The van der Waals surface area contributed by atoms with Crippen molar-refractivity contribution in [3.05, 3.63) is 35.7 Å². The number of methoxy groups -OCH3 is 1. The van der Waals surface area contributed by atoms with Crippen molar-refractivity contribution in [1.29, 1.82) is 0 Å². The lowest BCUT2D eigenvalue weighted by molar-refractivity contribution is -0.144. The Bertz CT molecular complexity index is 938. The lowest BCUT2D eigenvalue weighted by atomic mass is 9.86. The first-order valence-corrected chi connectivity index (χ1v) is 11.0. The molecule has 1 aliphatic carbocycles. The van der Waals surface area contributed by atoms with E-state index in [0.29, 0.717) is 24.7 Å². The lowest BCUT2D eigenvalue weighted by Gasteiger charge is -2.29. The van der Waals surface area contributed by atoms with Crippen LogP contribution in [0.5, 0.6) is 5.75 Å². The number of ether oxygens (including phenoxy) is 2. The third-order valence-corrected chi connectivity index (χ3v) is 5.89. The van der Waals surface area contributed by atoms with Gasteiger partial charge in [0.15, 0.2) is 0 Å². The van der Waals surface area contributed by atoms with Crippen LogP contribution in [0.3, 0.4) is 0 Å². The van der Waals surface area contributed by atoms with Crippen LogP contribution in [0.25, 0.3) is 11.5 Å². The first-order valence-electron chi connectivity index (χ1n) is 11.0. The van der Waals surface area contributed by atoms with E-state index in [-0.39, 0.29) is 23.8 Å². The number of aryl methyl sites for hydroxylation is 1. The third kappa shape index (κ3) is 5.88. The van der Waals surface area contributed by atoms with Crippen molar-refractivity contribution >= 4 is 11.9 Å². The molecule has 1 amide bonds. The Morgan fingerprint density at radius 3 is 2.78 bits per heavy atom. The van der Waals surface area contributed by atoms with E-state index in [1.54, 1.807) is 21.0 Å². The van der Waals surface area contributed by atoms with Gasteiger partial charge in [0.05, 0.1) is 19.8 Å². The van der Waals surface area contributed by atoms with Gasteiger partial charge in [-0.3, -0.25) is 4.79 Å². The Kier molecular flexibility index (Phi) is 7.90. The molecule has 1 aromatic heterocycles. The van der Waals surface area contributed by atoms with Crippen molar-refractivity contribution in [1.82, 2.24) is 10.3 Å². The zero-order chi connectivity index (χ0) is 23.3. The molecule has 8 heteroatoms. The molecule has 1 aromatic carbocycles. The number of nitrogens with one attached hydrogen (secondary N) is 1. The second kappa shape index (κ2) is 10.6. The van der Waals surface area contributed by atoms with E-state index in [0.717, 1.165) is 36.3 Å². The molecule has 2 N–H and O–H groups in total. The Balaban J connectivity index is 1.58. The van der Waals surface area contributed by atoms with Crippen molar-refractivity contribution < 1.29 is 28.6 Å². The van der Waals surface area contributed by atoms with Crippen molar-refractivity contribution in [2.75, 3.05) is 7.11 Å². The van der Waals surface area contributed by atoms with Gasteiger partial charge in [-0.15, -0.1) is 0 Å². The van der Waals surface area contributed by atoms with Crippen LogP contribution in [0.4, 0.5) is 0 Å². The molecule has 1 heterocycles. The summed E-state index contributed by atoms with van der Waals surface area (Å²) in [5, 5.41) is 12.0. The van der Waals surface area contributed by atoms with Crippen molar-refractivity contribution in [2.24, 2.45) is 11.8 Å². The average Bonchev–Trinajstić information content (AvgIpc) is 3.16. The van der Waals surface area contributed by atoms with Gasteiger partial charge in [0.25, 0.3) is 0 Å². The summed E-state index contributed by atoms with van der Waals surface area (Å²) in [5.41, 5.74) is 1.55. The summed E-state index contributed by atoms with van der Waals surface area (Å²) >= 11 is 0. The molecule has 3 atom stereocenters. The Labute approximate surface area is 188 Å². The van der Waals surface area contributed by atoms with Crippen molar-refractivity contribution in [3.8, 4) is 17.2 Å². The van der Waals surface area contributed by atoms with E-state index in [1.165, 1.54) is 0 Å². The van der Waals surface area contributed by atoms with Crippen LogP contribution in [0.15, 0.2) is 28.7 Å². The molecular weight excluding hydrogens is 412 g/mol. The molecule has 0 bridgehead atoms. The smallest absolute Gasteiger partial charge is 0.326 e. The van der Waals surface area contributed by atoms with Gasteiger partial charge in [-0.1, -0.05) is 26.3 Å². The molecule has 1 saturated carbocycles. The van der Waals surface area contributed by atoms with Gasteiger partial charge in [-0.25, -0.2) is 9.78 Å². The van der Waals surface area contributed by atoms with E-state index in [2.05, 4.69) is 10.3 Å². The number of aliphatic carboxylic acids is 1. The Morgan fingerprint density at radius 1 is 1.31 bits per heavy atom. The summed E-state index contributed by atoms with van der Waals surface area (Å²) in [6, 6.07) is 6.63. The highest BCUT2D eigenvalue weighted by atomic mass is 16.5. The van der Waals surface area contributed by atoms with Crippen LogP contribution in [0, 0.1) is 18.8 Å². The van der Waals surface area contributed by atoms with E-state index in [4.69, 9.17) is 13.9 Å². The molecule has 8 nitrogen and oxygen atoms in total. The van der Waals surface area contributed by atoms with Gasteiger partial charge in [0.2, 0.25) is 11.8 Å². The number of hydrogen-bond acceptors (Lipinski definition) is 6. The number of benzene rings is 1. The normalized spacial score (nSPS) is 19.5. The predicted molar refractivity (Wildman–Crippen MR) is 118 cm³/mol. The molecule has 0 spiro atoms. The van der Waals surface area contributed by atoms with Gasteiger partial charge in [-0.2, -0.15) is 0 Å². The van der Waals surface area contributed by atoms with Gasteiger partial charge >= 0.3 is 5.97 Å². The van der Waals surface area contributed by atoms with Crippen LogP contribution in [-0.2, 0) is 20.9 Å². The van der Waals surface area contributed by atoms with Gasteiger partial charge < -0.3 is 24.3 Å². The monoisotopic (exact) mass is 444 g/mol. The summed E-state index contributed by atoms with van der Waals surface area (Å²) < 4.78 is 17.2. The molecule has 32 heavy (non-hydrogen) atoms. The number of carbonyl (C=O) groups excluding carboxylic acids is 1. The number of aromatic nitrogens is 1. The van der Waals surface area contributed by atoms with E-state index in [9.17, 15) is 14.7 Å². The summed E-state index contributed by atoms with van der Waals surface area (Å²) in [5.74, 6) is 0.275. The second-order valence-corrected chi connectivity index (χ2v) is 8.62. The Hall–Kier alpha value is -2.87. The standard InChI is InChI=1S/C24H32N2O6/c1-14(2)21(24(28)29)26-22(27)16-7-5-10-19(11-16)31-13-20-15(3)32-23(25-20)17-8-6-9-18(12-17)30-4/h6,8-9,12,14,16,19,21H,5,7,10-11,13H2,1-4H3,(H,26,27)(H,28,29)/t16?,19?,21-/m0/s1. The number of rotatable bonds is 9.